The molecule has 0 spiro atoms. The highest BCUT2D eigenvalue weighted by Gasteiger charge is 2.28. The van der Waals surface area contributed by atoms with Gasteiger partial charge < -0.3 is 10.1 Å². The molecule has 0 atom stereocenters. The fourth-order valence-corrected chi connectivity index (χ4v) is 2.88. The largest absolute Gasteiger partial charge is 0.484 e. The fraction of sp³-hybridized carbons (Fsp3) is 0.278. The standard InChI is InChI=1S/C18H18F3NO2S/c1-13-5-2-3-8-16(13)25-11-17(23)22-10-14-6-4-7-15(9-14)24-12-18(19,20)21/h2-9H,10-12H2,1H3,(H,22,23). The summed E-state index contributed by atoms with van der Waals surface area (Å²) in [4.78, 5) is 13.0. The van der Waals surface area contributed by atoms with Crippen LogP contribution in [-0.2, 0) is 11.3 Å². The summed E-state index contributed by atoms with van der Waals surface area (Å²) < 4.78 is 41.2. The van der Waals surface area contributed by atoms with Crippen molar-refractivity contribution in [1.29, 1.82) is 0 Å². The molecule has 2 rings (SSSR count). The van der Waals surface area contributed by atoms with Crippen molar-refractivity contribution in [2.24, 2.45) is 0 Å². The topological polar surface area (TPSA) is 38.3 Å². The highest BCUT2D eigenvalue weighted by atomic mass is 32.2. The van der Waals surface area contributed by atoms with Gasteiger partial charge in [-0.25, -0.2) is 0 Å². The maximum Gasteiger partial charge on any atom is 0.422 e. The van der Waals surface area contributed by atoms with Crippen LogP contribution in [-0.4, -0.2) is 24.4 Å². The number of rotatable bonds is 7. The second-order valence-electron chi connectivity index (χ2n) is 5.38. The van der Waals surface area contributed by atoms with Gasteiger partial charge in [0, 0.05) is 11.4 Å². The lowest BCUT2D eigenvalue weighted by Crippen LogP contribution is -2.24. The van der Waals surface area contributed by atoms with E-state index in [1.807, 2.05) is 31.2 Å². The monoisotopic (exact) mass is 369 g/mol. The fourth-order valence-electron chi connectivity index (χ4n) is 2.02. The van der Waals surface area contributed by atoms with Crippen LogP contribution >= 0.6 is 11.8 Å². The number of benzene rings is 2. The van der Waals surface area contributed by atoms with E-state index in [-0.39, 0.29) is 24.0 Å². The molecular weight excluding hydrogens is 351 g/mol. The third-order valence-electron chi connectivity index (χ3n) is 3.24. The first-order chi connectivity index (χ1) is 11.8. The molecule has 2 aromatic rings. The van der Waals surface area contributed by atoms with Crippen molar-refractivity contribution in [2.45, 2.75) is 24.5 Å². The number of amides is 1. The molecule has 0 unspecified atom stereocenters. The molecule has 0 radical (unpaired) electrons. The molecule has 0 aliphatic heterocycles. The number of aryl methyl sites for hydroxylation is 1. The molecule has 0 aromatic heterocycles. The minimum absolute atomic E-state index is 0.123. The second-order valence-corrected chi connectivity index (χ2v) is 6.40. The van der Waals surface area contributed by atoms with E-state index in [0.717, 1.165) is 10.5 Å². The molecule has 0 saturated heterocycles. The molecule has 1 amide bonds. The number of halogens is 3. The van der Waals surface area contributed by atoms with E-state index in [1.54, 1.807) is 12.1 Å². The van der Waals surface area contributed by atoms with Crippen LogP contribution < -0.4 is 10.1 Å². The lowest BCUT2D eigenvalue weighted by molar-refractivity contribution is -0.153. The molecule has 3 nitrogen and oxygen atoms in total. The van der Waals surface area contributed by atoms with E-state index in [0.29, 0.717) is 5.56 Å². The van der Waals surface area contributed by atoms with Crippen LogP contribution in [0.25, 0.3) is 0 Å². The van der Waals surface area contributed by atoms with Gasteiger partial charge >= 0.3 is 6.18 Å². The minimum atomic E-state index is -4.38. The van der Waals surface area contributed by atoms with Crippen LogP contribution in [0.1, 0.15) is 11.1 Å². The predicted molar refractivity (Wildman–Crippen MR) is 91.7 cm³/mol. The van der Waals surface area contributed by atoms with Crippen LogP contribution in [0.5, 0.6) is 5.75 Å². The van der Waals surface area contributed by atoms with Gasteiger partial charge in [-0.15, -0.1) is 11.8 Å². The third kappa shape index (κ3) is 7.09. The number of alkyl halides is 3. The zero-order valence-corrected chi connectivity index (χ0v) is 14.4. The summed E-state index contributed by atoms with van der Waals surface area (Å²) in [5.74, 6) is 0.253. The van der Waals surface area contributed by atoms with E-state index >= 15 is 0 Å². The van der Waals surface area contributed by atoms with E-state index in [4.69, 9.17) is 4.74 Å². The smallest absolute Gasteiger partial charge is 0.422 e. The maximum atomic E-state index is 12.2. The Labute approximate surface area is 148 Å². The van der Waals surface area contributed by atoms with Crippen molar-refractivity contribution in [3.05, 3.63) is 59.7 Å². The summed E-state index contributed by atoms with van der Waals surface area (Å²) in [6, 6.07) is 14.0. The van der Waals surface area contributed by atoms with Crippen molar-refractivity contribution in [3.8, 4) is 5.75 Å². The number of hydrogen-bond donors (Lipinski definition) is 1. The Morgan fingerprint density at radius 1 is 1.16 bits per heavy atom. The number of nitrogens with one attached hydrogen (secondary N) is 1. The molecule has 1 N–H and O–H groups in total. The second kappa shape index (κ2) is 8.80. The van der Waals surface area contributed by atoms with E-state index in [9.17, 15) is 18.0 Å². The van der Waals surface area contributed by atoms with Crippen LogP contribution in [0, 0.1) is 6.92 Å². The maximum absolute atomic E-state index is 12.2. The van der Waals surface area contributed by atoms with Gasteiger partial charge in [-0.2, -0.15) is 13.2 Å². The Hall–Kier alpha value is -2.15. The Morgan fingerprint density at radius 3 is 2.64 bits per heavy atom. The van der Waals surface area contributed by atoms with Crippen molar-refractivity contribution in [2.75, 3.05) is 12.4 Å². The Balaban J connectivity index is 1.80. The first kappa shape index (κ1) is 19.2. The van der Waals surface area contributed by atoms with E-state index < -0.39 is 12.8 Å². The molecule has 0 fully saturated rings. The quantitative estimate of drug-likeness (QED) is 0.738. The number of ether oxygens (including phenoxy) is 1. The van der Waals surface area contributed by atoms with Crippen molar-refractivity contribution < 1.29 is 22.7 Å². The molecule has 0 saturated carbocycles. The van der Waals surface area contributed by atoms with Crippen molar-refractivity contribution in [1.82, 2.24) is 5.32 Å². The minimum Gasteiger partial charge on any atom is -0.484 e. The third-order valence-corrected chi connectivity index (χ3v) is 4.42. The zero-order chi connectivity index (χ0) is 18.3. The first-order valence-corrected chi connectivity index (χ1v) is 8.56. The molecule has 134 valence electrons. The van der Waals surface area contributed by atoms with Gasteiger partial charge in [0.05, 0.1) is 5.75 Å². The first-order valence-electron chi connectivity index (χ1n) is 7.57. The summed E-state index contributed by atoms with van der Waals surface area (Å²) in [7, 11) is 0. The Bertz CT molecular complexity index is 719. The zero-order valence-electron chi connectivity index (χ0n) is 13.6. The normalized spacial score (nSPS) is 11.2. The molecule has 25 heavy (non-hydrogen) atoms. The Morgan fingerprint density at radius 2 is 1.92 bits per heavy atom. The van der Waals surface area contributed by atoms with Gasteiger partial charge in [0.25, 0.3) is 0 Å². The number of thioether (sulfide) groups is 1. The molecular formula is C18H18F3NO2S. The lowest BCUT2D eigenvalue weighted by Gasteiger charge is -2.11. The van der Waals surface area contributed by atoms with Gasteiger partial charge in [0.15, 0.2) is 6.61 Å². The van der Waals surface area contributed by atoms with Crippen molar-refractivity contribution in [3.63, 3.8) is 0 Å². The molecule has 0 bridgehead atoms. The Kier molecular flexibility index (Phi) is 6.75. The van der Waals surface area contributed by atoms with E-state index in [2.05, 4.69) is 5.32 Å². The van der Waals surface area contributed by atoms with Crippen LogP contribution in [0.3, 0.4) is 0 Å². The SMILES string of the molecule is Cc1ccccc1SCC(=O)NCc1cccc(OCC(F)(F)F)c1. The highest BCUT2D eigenvalue weighted by molar-refractivity contribution is 8.00. The molecule has 7 heteroatoms. The van der Waals surface area contributed by atoms with Crippen molar-refractivity contribution >= 4 is 17.7 Å². The lowest BCUT2D eigenvalue weighted by atomic mass is 10.2. The summed E-state index contributed by atoms with van der Waals surface area (Å²) in [5, 5.41) is 2.75. The molecule has 2 aromatic carbocycles. The van der Waals surface area contributed by atoms with Crippen LogP contribution in [0.2, 0.25) is 0 Å². The van der Waals surface area contributed by atoms with Gasteiger partial charge in [0.2, 0.25) is 5.91 Å². The summed E-state index contributed by atoms with van der Waals surface area (Å²) in [6.45, 7) is 0.874. The van der Waals surface area contributed by atoms with E-state index in [1.165, 1.54) is 23.9 Å². The predicted octanol–water partition coefficient (Wildman–Crippen LogP) is 4.34. The van der Waals surface area contributed by atoms with Gasteiger partial charge in [0.1, 0.15) is 5.75 Å². The summed E-state index contributed by atoms with van der Waals surface area (Å²) in [6.07, 6.45) is -4.38. The average Bonchev–Trinajstić information content (AvgIpc) is 2.57. The summed E-state index contributed by atoms with van der Waals surface area (Å²) >= 11 is 1.44. The molecule has 0 heterocycles. The van der Waals surface area contributed by atoms with Gasteiger partial charge in [-0.3, -0.25) is 4.79 Å². The molecule has 0 aliphatic carbocycles. The van der Waals surface area contributed by atoms with Crippen LogP contribution in [0.15, 0.2) is 53.4 Å². The number of carbonyl (C=O) groups excluding carboxylic acids is 1. The summed E-state index contributed by atoms with van der Waals surface area (Å²) in [5.41, 5.74) is 1.78. The van der Waals surface area contributed by atoms with Crippen LogP contribution in [0.4, 0.5) is 13.2 Å². The van der Waals surface area contributed by atoms with Gasteiger partial charge in [-0.1, -0.05) is 30.3 Å². The molecule has 0 aliphatic rings. The average molecular weight is 369 g/mol. The highest BCUT2D eigenvalue weighted by Crippen LogP contribution is 2.22. The number of carbonyl (C=O) groups is 1. The van der Waals surface area contributed by atoms with Gasteiger partial charge in [-0.05, 0) is 36.2 Å². The number of hydrogen-bond acceptors (Lipinski definition) is 3.